The van der Waals surface area contributed by atoms with Gasteiger partial charge in [0.2, 0.25) is 5.91 Å². The Labute approximate surface area is 158 Å². The van der Waals surface area contributed by atoms with E-state index in [4.69, 9.17) is 4.74 Å². The highest BCUT2D eigenvalue weighted by Crippen LogP contribution is 2.35. The maximum atomic E-state index is 12.3. The highest BCUT2D eigenvalue weighted by atomic mass is 32.1. The summed E-state index contributed by atoms with van der Waals surface area (Å²) in [4.78, 5) is 25.9. The van der Waals surface area contributed by atoms with Gasteiger partial charge in [-0.15, -0.1) is 11.3 Å². The van der Waals surface area contributed by atoms with E-state index in [1.54, 1.807) is 6.92 Å². The first-order valence-corrected chi connectivity index (χ1v) is 9.59. The lowest BCUT2D eigenvalue weighted by molar-refractivity contribution is -0.115. The van der Waals surface area contributed by atoms with Gasteiger partial charge in [0.1, 0.15) is 4.88 Å². The molecule has 0 saturated carbocycles. The molecule has 6 heteroatoms. The van der Waals surface area contributed by atoms with Gasteiger partial charge in [-0.3, -0.25) is 4.79 Å². The van der Waals surface area contributed by atoms with Gasteiger partial charge in [0.25, 0.3) is 0 Å². The Hall–Kier alpha value is -2.18. The molecule has 0 aliphatic carbocycles. The summed E-state index contributed by atoms with van der Waals surface area (Å²) in [5.41, 5.74) is 1.37. The number of nitrogens with one attached hydrogen (secondary N) is 2. The molecule has 1 aromatic heterocycles. The van der Waals surface area contributed by atoms with E-state index in [-0.39, 0.29) is 24.6 Å². The molecule has 5 nitrogen and oxygen atoms in total. The number of esters is 1. The van der Waals surface area contributed by atoms with Crippen LogP contribution in [0.4, 0.5) is 5.69 Å². The summed E-state index contributed by atoms with van der Waals surface area (Å²) in [5.74, 6) is -0.605. The third kappa shape index (κ3) is 5.41. The Kier molecular flexibility index (Phi) is 6.94. The van der Waals surface area contributed by atoms with Gasteiger partial charge in [-0.1, -0.05) is 37.3 Å². The number of amides is 1. The molecule has 2 N–H and O–H groups in total. The van der Waals surface area contributed by atoms with Gasteiger partial charge < -0.3 is 15.4 Å². The lowest BCUT2D eigenvalue weighted by atomic mass is 10.0. The number of thiophene rings is 1. The van der Waals surface area contributed by atoms with Crippen molar-refractivity contribution in [3.8, 4) is 10.4 Å². The van der Waals surface area contributed by atoms with Gasteiger partial charge in [-0.05, 0) is 38.8 Å². The molecule has 0 aliphatic rings. The fourth-order valence-corrected chi connectivity index (χ4v) is 3.23. The molecule has 140 valence electrons. The normalized spacial score (nSPS) is 11.2. The fourth-order valence-electron chi connectivity index (χ4n) is 2.22. The molecule has 0 atom stereocenters. The summed E-state index contributed by atoms with van der Waals surface area (Å²) in [6.07, 6.45) is 0.908. The van der Waals surface area contributed by atoms with Crippen LogP contribution in [0.3, 0.4) is 0 Å². The summed E-state index contributed by atoms with van der Waals surface area (Å²) in [7, 11) is 0. The first kappa shape index (κ1) is 20.1. The number of hydrogen-bond acceptors (Lipinski definition) is 5. The molecule has 1 amide bonds. The second-order valence-corrected chi connectivity index (χ2v) is 7.63. The van der Waals surface area contributed by atoms with E-state index in [1.165, 1.54) is 11.3 Å². The van der Waals surface area contributed by atoms with E-state index < -0.39 is 5.97 Å². The van der Waals surface area contributed by atoms with Gasteiger partial charge in [0, 0.05) is 10.4 Å². The van der Waals surface area contributed by atoms with E-state index in [1.807, 2.05) is 50.2 Å². The van der Waals surface area contributed by atoms with Crippen molar-refractivity contribution in [3.05, 3.63) is 41.3 Å². The zero-order valence-electron chi connectivity index (χ0n) is 15.7. The first-order valence-electron chi connectivity index (χ1n) is 8.77. The highest BCUT2D eigenvalue weighted by Gasteiger charge is 2.21. The fraction of sp³-hybridized carbons (Fsp3) is 0.400. The van der Waals surface area contributed by atoms with Crippen LogP contribution in [0.1, 0.15) is 43.8 Å². The number of ether oxygens (including phenoxy) is 1. The van der Waals surface area contributed by atoms with Crippen LogP contribution in [0.25, 0.3) is 10.4 Å². The molecular weight excluding hydrogens is 348 g/mol. The minimum Gasteiger partial charge on any atom is -0.462 e. The Morgan fingerprint density at radius 3 is 2.46 bits per heavy atom. The number of carbonyl (C=O) groups is 2. The van der Waals surface area contributed by atoms with Crippen LogP contribution in [-0.2, 0) is 9.53 Å². The molecule has 0 bridgehead atoms. The lowest BCUT2D eigenvalue weighted by Crippen LogP contribution is -2.43. The van der Waals surface area contributed by atoms with Crippen molar-refractivity contribution in [3.63, 3.8) is 0 Å². The largest absolute Gasteiger partial charge is 0.462 e. The van der Waals surface area contributed by atoms with Crippen LogP contribution in [0.2, 0.25) is 0 Å². The summed E-state index contributed by atoms with van der Waals surface area (Å²) in [6.45, 7) is 8.38. The topological polar surface area (TPSA) is 67.4 Å². The molecular formula is C20H26N2O3S. The lowest BCUT2D eigenvalue weighted by Gasteiger charge is -2.24. The average molecular weight is 375 g/mol. The Bertz CT molecular complexity index is 754. The van der Waals surface area contributed by atoms with Crippen molar-refractivity contribution in [2.75, 3.05) is 18.5 Å². The van der Waals surface area contributed by atoms with Crippen molar-refractivity contribution in [1.29, 1.82) is 0 Å². The molecule has 2 rings (SSSR count). The second-order valence-electron chi connectivity index (χ2n) is 6.58. The molecule has 0 saturated heterocycles. The van der Waals surface area contributed by atoms with Crippen LogP contribution in [0.15, 0.2) is 36.4 Å². The molecule has 2 aromatic rings. The van der Waals surface area contributed by atoms with Gasteiger partial charge in [0.05, 0.1) is 18.8 Å². The van der Waals surface area contributed by atoms with E-state index in [0.29, 0.717) is 10.6 Å². The maximum Gasteiger partial charge on any atom is 0.350 e. The number of hydrogen-bond donors (Lipinski definition) is 2. The van der Waals surface area contributed by atoms with Crippen LogP contribution in [0.5, 0.6) is 0 Å². The monoisotopic (exact) mass is 374 g/mol. The quantitative estimate of drug-likeness (QED) is 0.676. The molecule has 0 unspecified atom stereocenters. The van der Waals surface area contributed by atoms with E-state index >= 15 is 0 Å². The molecule has 0 radical (unpaired) electrons. The van der Waals surface area contributed by atoms with E-state index in [9.17, 15) is 9.59 Å². The zero-order valence-corrected chi connectivity index (χ0v) is 16.5. The Balaban J connectivity index is 2.21. The zero-order chi connectivity index (χ0) is 19.2. The smallest absolute Gasteiger partial charge is 0.350 e. The SMILES string of the molecule is CCOC(=O)c1sc(-c2ccccc2)cc1NC(=O)CNC(C)(C)CC. The highest BCUT2D eigenvalue weighted by molar-refractivity contribution is 7.18. The van der Waals surface area contributed by atoms with Crippen molar-refractivity contribution in [2.24, 2.45) is 0 Å². The summed E-state index contributed by atoms with van der Waals surface area (Å²) < 4.78 is 5.14. The van der Waals surface area contributed by atoms with E-state index in [0.717, 1.165) is 16.9 Å². The third-order valence-corrected chi connectivity index (χ3v) is 5.30. The summed E-state index contributed by atoms with van der Waals surface area (Å²) in [6, 6.07) is 11.6. The average Bonchev–Trinajstić information content (AvgIpc) is 3.05. The van der Waals surface area contributed by atoms with Gasteiger partial charge in [-0.25, -0.2) is 4.79 Å². The minimum atomic E-state index is -0.420. The van der Waals surface area contributed by atoms with Gasteiger partial charge in [0.15, 0.2) is 0 Å². The Morgan fingerprint density at radius 1 is 1.15 bits per heavy atom. The van der Waals surface area contributed by atoms with Crippen LogP contribution >= 0.6 is 11.3 Å². The number of rotatable bonds is 8. The summed E-state index contributed by atoms with van der Waals surface area (Å²) >= 11 is 1.32. The Morgan fingerprint density at radius 2 is 1.85 bits per heavy atom. The van der Waals surface area contributed by atoms with Crippen molar-refractivity contribution >= 4 is 28.9 Å². The predicted molar refractivity (Wildman–Crippen MR) is 107 cm³/mol. The second kappa shape index (κ2) is 8.96. The summed E-state index contributed by atoms with van der Waals surface area (Å²) in [5, 5.41) is 6.06. The van der Waals surface area contributed by atoms with Crippen molar-refractivity contribution in [2.45, 2.75) is 39.7 Å². The molecule has 1 aromatic carbocycles. The van der Waals surface area contributed by atoms with Gasteiger partial charge in [-0.2, -0.15) is 0 Å². The molecule has 0 spiro atoms. The van der Waals surface area contributed by atoms with Crippen molar-refractivity contribution < 1.29 is 14.3 Å². The standard InChI is InChI=1S/C20H26N2O3S/c1-5-20(3,4)21-13-17(23)22-15-12-16(14-10-8-7-9-11-14)26-18(15)19(24)25-6-2/h7-12,21H,5-6,13H2,1-4H3,(H,22,23). The molecule has 0 aliphatic heterocycles. The van der Waals surface area contributed by atoms with Gasteiger partial charge >= 0.3 is 5.97 Å². The van der Waals surface area contributed by atoms with Crippen molar-refractivity contribution in [1.82, 2.24) is 5.32 Å². The van der Waals surface area contributed by atoms with Crippen LogP contribution in [-0.4, -0.2) is 30.6 Å². The number of anilines is 1. The number of carbonyl (C=O) groups excluding carboxylic acids is 2. The predicted octanol–water partition coefficient (Wildman–Crippen LogP) is 4.31. The maximum absolute atomic E-state index is 12.3. The first-order chi connectivity index (χ1) is 12.4. The van der Waals surface area contributed by atoms with Crippen LogP contribution < -0.4 is 10.6 Å². The van der Waals surface area contributed by atoms with Crippen LogP contribution in [0, 0.1) is 0 Å². The number of benzene rings is 1. The third-order valence-electron chi connectivity index (χ3n) is 4.14. The molecule has 26 heavy (non-hydrogen) atoms. The minimum absolute atomic E-state index is 0.120. The molecule has 0 fully saturated rings. The molecule has 1 heterocycles. The van der Waals surface area contributed by atoms with E-state index in [2.05, 4.69) is 17.6 Å².